The lowest BCUT2D eigenvalue weighted by Crippen LogP contribution is -2.20. The second-order valence-corrected chi connectivity index (χ2v) is 5.17. The molecule has 0 aromatic heterocycles. The molecule has 1 fully saturated rings. The molecule has 0 amide bonds. The molecule has 0 aliphatic heterocycles. The van der Waals surface area contributed by atoms with Crippen molar-refractivity contribution in [2.24, 2.45) is 0 Å². The Kier molecular flexibility index (Phi) is 4.96. The fraction of sp³-hybridized carbons (Fsp3) is 0.800. The van der Waals surface area contributed by atoms with Crippen molar-refractivity contribution in [3.8, 4) is 0 Å². The highest BCUT2D eigenvalue weighted by Crippen LogP contribution is 2.35. The van der Waals surface area contributed by atoms with E-state index >= 15 is 0 Å². The van der Waals surface area contributed by atoms with Gasteiger partial charge in [0.25, 0.3) is 0 Å². The summed E-state index contributed by atoms with van der Waals surface area (Å²) in [5.41, 5.74) is 0. The Bertz CT molecular complexity index is 119. The highest BCUT2D eigenvalue weighted by atomic mass is 79.9. The maximum absolute atomic E-state index is 6.02. The minimum atomic E-state index is 0.424. The molecule has 0 bridgehead atoms. The van der Waals surface area contributed by atoms with Crippen molar-refractivity contribution >= 4 is 27.5 Å². The number of hydrogen-bond donors (Lipinski definition) is 0. The summed E-state index contributed by atoms with van der Waals surface area (Å²) in [7, 11) is 0. The number of rotatable bonds is 3. The lowest BCUT2D eigenvalue weighted by molar-refractivity contribution is 0.513. The van der Waals surface area contributed by atoms with Crippen LogP contribution in [0.1, 0.15) is 38.5 Å². The average molecular weight is 252 g/mol. The Hall–Kier alpha value is 0.770. The molecule has 0 aromatic rings. The van der Waals surface area contributed by atoms with Gasteiger partial charge in [0.2, 0.25) is 0 Å². The van der Waals surface area contributed by atoms with Crippen molar-refractivity contribution in [3.63, 3.8) is 0 Å². The lowest BCUT2D eigenvalue weighted by Gasteiger charge is -2.28. The largest absolute Gasteiger partial charge is 0.123 e. The van der Waals surface area contributed by atoms with Crippen LogP contribution >= 0.6 is 27.5 Å². The van der Waals surface area contributed by atoms with Crippen molar-refractivity contribution in [1.82, 2.24) is 0 Å². The van der Waals surface area contributed by atoms with E-state index in [2.05, 4.69) is 22.9 Å². The standard InChI is InChI=1S/C10H16BrCl/c1-2-3-10(11)8-4-6-9(12)7-5-8/h9-10H,1-7H2. The van der Waals surface area contributed by atoms with Gasteiger partial charge in [0.15, 0.2) is 0 Å². The molecule has 0 nitrogen and oxygen atoms in total. The highest BCUT2D eigenvalue weighted by Gasteiger charge is 2.24. The number of halogens is 2. The van der Waals surface area contributed by atoms with Gasteiger partial charge in [-0.3, -0.25) is 0 Å². The molecule has 1 atom stereocenters. The molecule has 0 heterocycles. The second kappa shape index (κ2) is 5.49. The molecular formula is C10H16BrCl. The maximum Gasteiger partial charge on any atom is 0.0336 e. The van der Waals surface area contributed by atoms with E-state index in [4.69, 9.17) is 11.6 Å². The second-order valence-electron chi connectivity index (χ2n) is 3.44. The Balaban J connectivity index is 2.24. The van der Waals surface area contributed by atoms with Crippen molar-refractivity contribution < 1.29 is 0 Å². The molecule has 2 heteroatoms. The van der Waals surface area contributed by atoms with Gasteiger partial charge < -0.3 is 0 Å². The van der Waals surface area contributed by atoms with Gasteiger partial charge in [0.05, 0.1) is 0 Å². The minimum Gasteiger partial charge on any atom is -0.123 e. The van der Waals surface area contributed by atoms with Gasteiger partial charge in [-0.15, -0.1) is 11.6 Å². The Morgan fingerprint density at radius 3 is 2.58 bits per heavy atom. The van der Waals surface area contributed by atoms with Gasteiger partial charge in [-0.1, -0.05) is 29.3 Å². The number of hydrogen-bond acceptors (Lipinski definition) is 0. The van der Waals surface area contributed by atoms with Gasteiger partial charge in [-0.2, -0.15) is 0 Å². The summed E-state index contributed by atoms with van der Waals surface area (Å²) in [6.07, 6.45) is 6.94. The molecule has 0 saturated heterocycles. The van der Waals surface area contributed by atoms with Crippen LogP contribution in [0.25, 0.3) is 0 Å². The van der Waals surface area contributed by atoms with Crippen molar-refractivity contribution in [2.75, 3.05) is 0 Å². The van der Waals surface area contributed by atoms with E-state index in [1.54, 1.807) is 5.92 Å². The van der Waals surface area contributed by atoms with Gasteiger partial charge in [-0.05, 0) is 38.0 Å². The molecule has 2 radical (unpaired) electrons. The zero-order valence-corrected chi connectivity index (χ0v) is 9.70. The van der Waals surface area contributed by atoms with Crippen molar-refractivity contribution in [1.29, 1.82) is 0 Å². The quantitative estimate of drug-likeness (QED) is 0.662. The molecule has 1 saturated carbocycles. The summed E-state index contributed by atoms with van der Waals surface area (Å²) >= 11 is 9.72. The maximum atomic E-state index is 6.02. The Morgan fingerprint density at radius 1 is 1.50 bits per heavy atom. The SMILES string of the molecule is [CH2]CCC(Br)[C]1CCC(Cl)CC1. The van der Waals surface area contributed by atoms with E-state index in [0.29, 0.717) is 10.2 Å². The van der Waals surface area contributed by atoms with Crippen LogP contribution in [-0.4, -0.2) is 10.2 Å². The van der Waals surface area contributed by atoms with Gasteiger partial charge >= 0.3 is 0 Å². The smallest absolute Gasteiger partial charge is 0.0336 e. The van der Waals surface area contributed by atoms with Crippen LogP contribution in [0.5, 0.6) is 0 Å². The first-order chi connectivity index (χ1) is 5.74. The monoisotopic (exact) mass is 250 g/mol. The summed E-state index contributed by atoms with van der Waals surface area (Å²) in [6.45, 7) is 3.87. The van der Waals surface area contributed by atoms with Gasteiger partial charge in [0.1, 0.15) is 0 Å². The van der Waals surface area contributed by atoms with E-state index in [-0.39, 0.29) is 0 Å². The van der Waals surface area contributed by atoms with Crippen LogP contribution in [0.3, 0.4) is 0 Å². The van der Waals surface area contributed by atoms with Gasteiger partial charge in [0, 0.05) is 10.2 Å². The van der Waals surface area contributed by atoms with Crippen LogP contribution < -0.4 is 0 Å². The topological polar surface area (TPSA) is 0 Å². The third kappa shape index (κ3) is 3.26. The number of alkyl halides is 2. The van der Waals surface area contributed by atoms with Crippen LogP contribution in [0, 0.1) is 12.8 Å². The Labute approximate surface area is 89.2 Å². The van der Waals surface area contributed by atoms with Crippen molar-refractivity contribution in [3.05, 3.63) is 12.8 Å². The zero-order valence-electron chi connectivity index (χ0n) is 7.36. The van der Waals surface area contributed by atoms with Gasteiger partial charge in [-0.25, -0.2) is 0 Å². The summed E-state index contributed by atoms with van der Waals surface area (Å²) < 4.78 is 0. The molecule has 1 aliphatic carbocycles. The first-order valence-electron chi connectivity index (χ1n) is 4.66. The third-order valence-electron chi connectivity index (χ3n) is 2.46. The average Bonchev–Trinajstić information content (AvgIpc) is 2.06. The molecule has 70 valence electrons. The predicted octanol–water partition coefficient (Wildman–Crippen LogP) is 4.12. The highest BCUT2D eigenvalue weighted by molar-refractivity contribution is 9.09. The minimum absolute atomic E-state index is 0.424. The summed E-state index contributed by atoms with van der Waals surface area (Å²) in [6, 6.07) is 0. The van der Waals surface area contributed by atoms with E-state index in [1.807, 2.05) is 0 Å². The van der Waals surface area contributed by atoms with E-state index in [9.17, 15) is 0 Å². The van der Waals surface area contributed by atoms with E-state index in [0.717, 1.165) is 19.3 Å². The van der Waals surface area contributed by atoms with Crippen LogP contribution in [0.4, 0.5) is 0 Å². The van der Waals surface area contributed by atoms with Crippen LogP contribution in [0.2, 0.25) is 0 Å². The molecular weight excluding hydrogens is 235 g/mol. The molecule has 1 aliphatic rings. The summed E-state index contributed by atoms with van der Waals surface area (Å²) in [5.74, 6) is 1.65. The fourth-order valence-corrected chi connectivity index (χ4v) is 2.65. The van der Waals surface area contributed by atoms with Crippen LogP contribution in [-0.2, 0) is 0 Å². The zero-order chi connectivity index (χ0) is 8.97. The van der Waals surface area contributed by atoms with Crippen molar-refractivity contribution in [2.45, 2.75) is 48.7 Å². The lowest BCUT2D eigenvalue weighted by atomic mass is 9.85. The normalized spacial score (nSPS) is 24.2. The first kappa shape index (κ1) is 10.8. The predicted molar refractivity (Wildman–Crippen MR) is 58.7 cm³/mol. The molecule has 1 rings (SSSR count). The van der Waals surface area contributed by atoms with E-state index < -0.39 is 0 Å². The molecule has 0 spiro atoms. The molecule has 0 aromatic carbocycles. The fourth-order valence-electron chi connectivity index (χ4n) is 1.65. The summed E-state index contributed by atoms with van der Waals surface area (Å²) in [4.78, 5) is 0.596. The van der Waals surface area contributed by atoms with Crippen LogP contribution in [0.15, 0.2) is 0 Å². The Morgan fingerprint density at radius 2 is 2.08 bits per heavy atom. The third-order valence-corrected chi connectivity index (χ3v) is 4.00. The van der Waals surface area contributed by atoms with E-state index in [1.165, 1.54) is 19.3 Å². The first-order valence-corrected chi connectivity index (χ1v) is 6.01. The molecule has 1 unspecified atom stereocenters. The molecule has 0 N–H and O–H groups in total. The summed E-state index contributed by atoms with van der Waals surface area (Å²) in [5, 5.41) is 0.424. The molecule has 12 heavy (non-hydrogen) atoms.